The van der Waals surface area contributed by atoms with Crippen molar-refractivity contribution in [1.29, 1.82) is 0 Å². The maximum atomic E-state index is 2.31. The Hall–Kier alpha value is -4.68. The third kappa shape index (κ3) is 6.78. The molecule has 0 aliphatic carbocycles. The van der Waals surface area contributed by atoms with Crippen LogP contribution in [0.15, 0.2) is 103 Å². The summed E-state index contributed by atoms with van der Waals surface area (Å²) in [7, 11) is 0. The fourth-order valence-corrected chi connectivity index (χ4v) is 5.41. The second-order valence-electron chi connectivity index (χ2n) is 11.4. The average Bonchev–Trinajstić information content (AvgIpc) is 2.98. The Morgan fingerprint density at radius 1 is 0.405 bits per heavy atom. The van der Waals surface area contributed by atoms with Gasteiger partial charge >= 0.3 is 0 Å². The van der Waals surface area contributed by atoms with Crippen molar-refractivity contribution in [2.24, 2.45) is 0 Å². The summed E-state index contributed by atoms with van der Waals surface area (Å²) in [6.07, 6.45) is 13.3. The second-order valence-corrected chi connectivity index (χ2v) is 11.4. The molecule has 0 radical (unpaired) electrons. The molecular formula is C42H40. The Morgan fingerprint density at radius 2 is 1.00 bits per heavy atom. The van der Waals surface area contributed by atoms with Crippen molar-refractivity contribution < 1.29 is 0 Å². The van der Waals surface area contributed by atoms with Crippen molar-refractivity contribution >= 4 is 30.4 Å². The molecule has 0 heterocycles. The number of aryl methyl sites for hydroxylation is 5. The molecule has 5 aromatic rings. The quantitative estimate of drug-likeness (QED) is 0.179. The number of benzene rings is 5. The van der Waals surface area contributed by atoms with E-state index in [9.17, 15) is 0 Å². The first-order chi connectivity index (χ1) is 20.3. The van der Waals surface area contributed by atoms with Crippen molar-refractivity contribution in [3.05, 3.63) is 159 Å². The monoisotopic (exact) mass is 544 g/mol. The SMILES string of the molecule is C/C=C/c1ccc(/C=C/c2ccc(/C=C/c3cc(C)c(C)cc3C)cc2-c2ccc(C)cc2)cc1-c1cccc(C)c1. The van der Waals surface area contributed by atoms with E-state index in [2.05, 4.69) is 175 Å². The molecule has 42 heavy (non-hydrogen) atoms. The van der Waals surface area contributed by atoms with Gasteiger partial charge in [0.25, 0.3) is 0 Å². The lowest BCUT2D eigenvalue weighted by Gasteiger charge is -2.11. The standard InChI is InChI=1S/C42H40/c1-7-9-36-20-14-34(28-42(36)40-11-8-10-30(3)24-40)15-21-38-22-16-35(27-41(38)37-18-12-29(2)13-19-37)17-23-39-26-32(5)31(4)25-33(39)6/h7-28H,1-6H3/b9-7+,21-15+,23-17+. The molecule has 0 fully saturated rings. The van der Waals surface area contributed by atoms with E-state index < -0.39 is 0 Å². The molecule has 0 atom stereocenters. The smallest absolute Gasteiger partial charge is 0.0105 e. The van der Waals surface area contributed by atoms with Crippen LogP contribution in [-0.4, -0.2) is 0 Å². The van der Waals surface area contributed by atoms with Crippen LogP contribution in [0.25, 0.3) is 52.6 Å². The molecule has 0 saturated heterocycles. The summed E-state index contributed by atoms with van der Waals surface area (Å²) in [6, 6.07) is 35.6. The van der Waals surface area contributed by atoms with E-state index >= 15 is 0 Å². The second kappa shape index (κ2) is 12.9. The number of allylic oxidation sites excluding steroid dienone is 1. The van der Waals surface area contributed by atoms with Gasteiger partial charge in [0.1, 0.15) is 0 Å². The molecule has 0 saturated carbocycles. The summed E-state index contributed by atoms with van der Waals surface area (Å²) in [5.41, 5.74) is 17.5. The van der Waals surface area contributed by atoms with Crippen molar-refractivity contribution in [2.75, 3.05) is 0 Å². The van der Waals surface area contributed by atoms with Crippen LogP contribution in [0.3, 0.4) is 0 Å². The summed E-state index contributed by atoms with van der Waals surface area (Å²) >= 11 is 0. The molecule has 0 N–H and O–H groups in total. The van der Waals surface area contributed by atoms with E-state index in [1.165, 1.54) is 77.9 Å². The molecule has 0 nitrogen and oxygen atoms in total. The largest absolute Gasteiger partial charge is 0.0870 e. The third-order valence-electron chi connectivity index (χ3n) is 7.99. The summed E-state index contributed by atoms with van der Waals surface area (Å²) in [4.78, 5) is 0. The predicted molar refractivity (Wildman–Crippen MR) is 186 cm³/mol. The first-order valence-corrected chi connectivity index (χ1v) is 14.8. The van der Waals surface area contributed by atoms with Gasteiger partial charge < -0.3 is 0 Å². The van der Waals surface area contributed by atoms with Gasteiger partial charge in [0.05, 0.1) is 0 Å². The van der Waals surface area contributed by atoms with Crippen LogP contribution in [0.1, 0.15) is 62.6 Å². The molecule has 5 rings (SSSR count). The van der Waals surface area contributed by atoms with Crippen LogP contribution in [0, 0.1) is 34.6 Å². The van der Waals surface area contributed by atoms with E-state index in [-0.39, 0.29) is 0 Å². The average molecular weight is 545 g/mol. The van der Waals surface area contributed by atoms with Crippen LogP contribution in [-0.2, 0) is 0 Å². The summed E-state index contributed by atoms with van der Waals surface area (Å²) in [5.74, 6) is 0. The van der Waals surface area contributed by atoms with Crippen molar-refractivity contribution in [2.45, 2.75) is 41.5 Å². The van der Waals surface area contributed by atoms with E-state index in [1.807, 2.05) is 0 Å². The summed E-state index contributed by atoms with van der Waals surface area (Å²) in [6.45, 7) is 12.9. The highest BCUT2D eigenvalue weighted by Crippen LogP contribution is 2.31. The van der Waals surface area contributed by atoms with Crippen molar-refractivity contribution in [1.82, 2.24) is 0 Å². The van der Waals surface area contributed by atoms with Gasteiger partial charge in [0.15, 0.2) is 0 Å². The van der Waals surface area contributed by atoms with Crippen LogP contribution in [0.5, 0.6) is 0 Å². The minimum atomic E-state index is 1.18. The Labute approximate surface area is 252 Å². The lowest BCUT2D eigenvalue weighted by atomic mass is 9.94. The molecular weight excluding hydrogens is 504 g/mol. The highest BCUT2D eigenvalue weighted by Gasteiger charge is 2.07. The van der Waals surface area contributed by atoms with Gasteiger partial charge in [-0.05, 0) is 120 Å². The number of hydrogen-bond donors (Lipinski definition) is 0. The molecule has 0 spiro atoms. The van der Waals surface area contributed by atoms with Gasteiger partial charge in [-0.25, -0.2) is 0 Å². The minimum Gasteiger partial charge on any atom is -0.0870 e. The zero-order valence-electron chi connectivity index (χ0n) is 25.7. The highest BCUT2D eigenvalue weighted by molar-refractivity contribution is 5.85. The van der Waals surface area contributed by atoms with Gasteiger partial charge in [-0.2, -0.15) is 0 Å². The lowest BCUT2D eigenvalue weighted by Crippen LogP contribution is -1.88. The van der Waals surface area contributed by atoms with Crippen LogP contribution in [0.2, 0.25) is 0 Å². The molecule has 0 unspecified atom stereocenters. The van der Waals surface area contributed by atoms with Gasteiger partial charge in [0, 0.05) is 0 Å². The Kier molecular flexibility index (Phi) is 8.84. The van der Waals surface area contributed by atoms with Crippen LogP contribution in [0.4, 0.5) is 0 Å². The molecule has 5 aromatic carbocycles. The third-order valence-corrected chi connectivity index (χ3v) is 7.99. The summed E-state index contributed by atoms with van der Waals surface area (Å²) < 4.78 is 0. The minimum absolute atomic E-state index is 1.18. The molecule has 0 bridgehead atoms. The molecule has 208 valence electrons. The summed E-state index contributed by atoms with van der Waals surface area (Å²) in [5, 5.41) is 0. The molecule has 0 aromatic heterocycles. The van der Waals surface area contributed by atoms with Gasteiger partial charge in [-0.15, -0.1) is 0 Å². The highest BCUT2D eigenvalue weighted by atomic mass is 14.1. The predicted octanol–water partition coefficient (Wildman–Crippen LogP) is 11.9. The van der Waals surface area contributed by atoms with E-state index in [0.717, 1.165) is 0 Å². The van der Waals surface area contributed by atoms with Crippen molar-refractivity contribution in [3.8, 4) is 22.3 Å². The van der Waals surface area contributed by atoms with Gasteiger partial charge in [-0.3, -0.25) is 0 Å². The van der Waals surface area contributed by atoms with Crippen molar-refractivity contribution in [3.63, 3.8) is 0 Å². The van der Waals surface area contributed by atoms with E-state index in [0.29, 0.717) is 0 Å². The topological polar surface area (TPSA) is 0 Å². The van der Waals surface area contributed by atoms with Gasteiger partial charge in [-0.1, -0.05) is 133 Å². The maximum Gasteiger partial charge on any atom is -0.0105 e. The Balaban J connectivity index is 1.53. The number of rotatable bonds is 7. The van der Waals surface area contributed by atoms with E-state index in [1.54, 1.807) is 0 Å². The maximum absolute atomic E-state index is 2.31. The first kappa shape index (κ1) is 28.8. The van der Waals surface area contributed by atoms with Crippen LogP contribution < -0.4 is 0 Å². The molecule has 0 heteroatoms. The molecule has 0 aliphatic heterocycles. The van der Waals surface area contributed by atoms with Crippen LogP contribution >= 0.6 is 0 Å². The Bertz CT molecular complexity index is 1810. The zero-order valence-corrected chi connectivity index (χ0v) is 25.7. The number of hydrogen-bond acceptors (Lipinski definition) is 0. The van der Waals surface area contributed by atoms with E-state index in [4.69, 9.17) is 0 Å². The first-order valence-electron chi connectivity index (χ1n) is 14.8. The normalized spacial score (nSPS) is 11.8. The zero-order chi connectivity index (χ0) is 29.6. The fourth-order valence-electron chi connectivity index (χ4n) is 5.41. The fraction of sp³-hybridized carbons (Fsp3) is 0.143. The van der Waals surface area contributed by atoms with Gasteiger partial charge in [0.2, 0.25) is 0 Å². The lowest BCUT2D eigenvalue weighted by molar-refractivity contribution is 1.29. The molecule has 0 amide bonds. The molecule has 0 aliphatic rings. The Morgan fingerprint density at radius 3 is 1.64 bits per heavy atom.